The Bertz CT molecular complexity index is 464. The summed E-state index contributed by atoms with van der Waals surface area (Å²) in [7, 11) is 1.79. The number of carbonyl (C=O) groups is 1. The second-order valence-corrected chi connectivity index (χ2v) is 5.66. The van der Waals surface area contributed by atoms with E-state index in [1.807, 2.05) is 13.0 Å². The molecule has 0 aromatic carbocycles. The molecule has 118 valence electrons. The van der Waals surface area contributed by atoms with Crippen molar-refractivity contribution in [3.05, 3.63) is 17.5 Å². The molecule has 1 aromatic heterocycles. The number of nitrogens with one attached hydrogen (secondary N) is 1. The van der Waals surface area contributed by atoms with Crippen LogP contribution in [-0.4, -0.2) is 41.0 Å². The number of ether oxygens (including phenoxy) is 1. The summed E-state index contributed by atoms with van der Waals surface area (Å²) in [6, 6.07) is 2.17. The molecule has 2 rings (SSSR count). The van der Waals surface area contributed by atoms with Crippen LogP contribution in [0.4, 0.5) is 0 Å². The van der Waals surface area contributed by atoms with Gasteiger partial charge in [0.15, 0.2) is 0 Å². The van der Waals surface area contributed by atoms with Gasteiger partial charge in [-0.15, -0.1) is 0 Å². The summed E-state index contributed by atoms with van der Waals surface area (Å²) in [5.74, 6) is -0.0982. The summed E-state index contributed by atoms with van der Waals surface area (Å²) < 4.78 is 7.40. The van der Waals surface area contributed by atoms with Gasteiger partial charge >= 0.3 is 0 Å². The quantitative estimate of drug-likeness (QED) is 0.767. The molecule has 6 nitrogen and oxygen atoms in total. The molecule has 0 spiro atoms. The van der Waals surface area contributed by atoms with Crippen LogP contribution in [0.25, 0.3) is 0 Å². The van der Waals surface area contributed by atoms with E-state index in [4.69, 9.17) is 10.5 Å². The standard InChI is InChI=1S/C15H26N4O2/c1-3-12-10-14(19(2)18-12)15(20)17-8-9-21-13-6-4-11(16)5-7-13/h10-11,13H,3-9,16H2,1-2H3,(H,17,20). The first-order valence-electron chi connectivity index (χ1n) is 7.78. The van der Waals surface area contributed by atoms with Gasteiger partial charge in [-0.05, 0) is 38.2 Å². The number of rotatable bonds is 6. The molecule has 3 N–H and O–H groups in total. The third kappa shape index (κ3) is 4.54. The zero-order valence-electron chi connectivity index (χ0n) is 13.0. The van der Waals surface area contributed by atoms with Gasteiger partial charge in [-0.25, -0.2) is 0 Å². The summed E-state index contributed by atoms with van der Waals surface area (Å²) in [5.41, 5.74) is 7.38. The van der Waals surface area contributed by atoms with E-state index in [0.29, 0.717) is 31.0 Å². The molecule has 1 amide bonds. The van der Waals surface area contributed by atoms with E-state index in [2.05, 4.69) is 10.4 Å². The van der Waals surface area contributed by atoms with Crippen LogP contribution in [0.5, 0.6) is 0 Å². The van der Waals surface area contributed by atoms with Gasteiger partial charge in [-0.1, -0.05) is 6.92 Å². The second-order valence-electron chi connectivity index (χ2n) is 5.66. The lowest BCUT2D eigenvalue weighted by molar-refractivity contribution is 0.0267. The summed E-state index contributed by atoms with van der Waals surface area (Å²) >= 11 is 0. The molecule has 0 unspecified atom stereocenters. The first-order chi connectivity index (χ1) is 10.1. The fraction of sp³-hybridized carbons (Fsp3) is 0.733. The summed E-state index contributed by atoms with van der Waals surface area (Å²) in [6.45, 7) is 3.09. The maximum Gasteiger partial charge on any atom is 0.269 e. The van der Waals surface area contributed by atoms with Crippen LogP contribution in [0.1, 0.15) is 48.8 Å². The van der Waals surface area contributed by atoms with Crippen LogP contribution in [0.2, 0.25) is 0 Å². The minimum atomic E-state index is -0.0982. The number of aromatic nitrogens is 2. The number of hydrogen-bond acceptors (Lipinski definition) is 4. The van der Waals surface area contributed by atoms with Gasteiger partial charge in [0.2, 0.25) is 0 Å². The highest BCUT2D eigenvalue weighted by atomic mass is 16.5. The highest BCUT2D eigenvalue weighted by Gasteiger charge is 2.19. The van der Waals surface area contributed by atoms with Gasteiger partial charge in [0.1, 0.15) is 5.69 Å². The monoisotopic (exact) mass is 294 g/mol. The van der Waals surface area contributed by atoms with E-state index in [1.165, 1.54) is 0 Å². The molecule has 0 saturated heterocycles. The smallest absolute Gasteiger partial charge is 0.269 e. The fourth-order valence-corrected chi connectivity index (χ4v) is 2.65. The lowest BCUT2D eigenvalue weighted by atomic mass is 9.94. The zero-order valence-corrected chi connectivity index (χ0v) is 13.0. The number of amides is 1. The van der Waals surface area contributed by atoms with Crippen LogP contribution in [0, 0.1) is 0 Å². The van der Waals surface area contributed by atoms with Crippen molar-refractivity contribution < 1.29 is 9.53 Å². The molecule has 1 aliphatic rings. The molecule has 0 atom stereocenters. The maximum atomic E-state index is 12.0. The highest BCUT2D eigenvalue weighted by Crippen LogP contribution is 2.19. The topological polar surface area (TPSA) is 82.2 Å². The van der Waals surface area contributed by atoms with Crippen LogP contribution in [-0.2, 0) is 18.2 Å². The van der Waals surface area contributed by atoms with Crippen molar-refractivity contribution in [1.29, 1.82) is 0 Å². The predicted molar refractivity (Wildman–Crippen MR) is 81.1 cm³/mol. The predicted octanol–water partition coefficient (Wildman–Crippen LogP) is 0.999. The molecule has 6 heteroatoms. The Morgan fingerprint density at radius 3 is 2.81 bits per heavy atom. The Labute approximate surface area is 126 Å². The minimum Gasteiger partial charge on any atom is -0.376 e. The highest BCUT2D eigenvalue weighted by molar-refractivity contribution is 5.92. The van der Waals surface area contributed by atoms with Crippen LogP contribution >= 0.6 is 0 Å². The zero-order chi connectivity index (χ0) is 15.2. The van der Waals surface area contributed by atoms with Crippen molar-refractivity contribution in [3.63, 3.8) is 0 Å². The van der Waals surface area contributed by atoms with Crippen LogP contribution < -0.4 is 11.1 Å². The normalized spacial score (nSPS) is 22.2. The SMILES string of the molecule is CCc1cc(C(=O)NCCOC2CCC(N)CC2)n(C)n1. The molecule has 1 aromatic rings. The van der Waals surface area contributed by atoms with E-state index in [1.54, 1.807) is 11.7 Å². The molecule has 0 radical (unpaired) electrons. The number of nitrogens with two attached hydrogens (primary N) is 1. The van der Waals surface area contributed by atoms with E-state index in [-0.39, 0.29) is 5.91 Å². The lowest BCUT2D eigenvalue weighted by Crippen LogP contribution is -2.33. The number of hydrogen-bond donors (Lipinski definition) is 2. The maximum absolute atomic E-state index is 12.0. The third-order valence-electron chi connectivity index (χ3n) is 3.99. The van der Waals surface area contributed by atoms with Crippen molar-refractivity contribution in [2.24, 2.45) is 12.8 Å². The van der Waals surface area contributed by atoms with Crippen LogP contribution in [0.3, 0.4) is 0 Å². The van der Waals surface area contributed by atoms with Crippen molar-refractivity contribution in [2.75, 3.05) is 13.2 Å². The van der Waals surface area contributed by atoms with E-state index < -0.39 is 0 Å². The van der Waals surface area contributed by atoms with Crippen LogP contribution in [0.15, 0.2) is 6.07 Å². The molecule has 1 fully saturated rings. The Kier molecular flexibility index (Phi) is 5.76. The van der Waals surface area contributed by atoms with Gasteiger partial charge in [0, 0.05) is 19.6 Å². The molecule has 21 heavy (non-hydrogen) atoms. The van der Waals surface area contributed by atoms with Crippen molar-refractivity contribution >= 4 is 5.91 Å². The average Bonchev–Trinajstić information content (AvgIpc) is 2.86. The Morgan fingerprint density at radius 2 is 2.19 bits per heavy atom. The van der Waals surface area contributed by atoms with Gasteiger partial charge in [-0.2, -0.15) is 5.10 Å². The van der Waals surface area contributed by atoms with E-state index in [9.17, 15) is 4.79 Å². The summed E-state index contributed by atoms with van der Waals surface area (Å²) in [4.78, 5) is 12.0. The molecular formula is C15H26N4O2. The van der Waals surface area contributed by atoms with Gasteiger partial charge in [-0.3, -0.25) is 9.48 Å². The minimum absolute atomic E-state index is 0.0982. The Morgan fingerprint density at radius 1 is 1.48 bits per heavy atom. The largest absolute Gasteiger partial charge is 0.376 e. The first-order valence-corrected chi connectivity index (χ1v) is 7.78. The Hall–Kier alpha value is -1.40. The molecule has 1 saturated carbocycles. The average molecular weight is 294 g/mol. The number of carbonyl (C=O) groups excluding carboxylic acids is 1. The number of aryl methyl sites for hydroxylation is 2. The molecule has 1 heterocycles. The van der Waals surface area contributed by atoms with Crippen molar-refractivity contribution in [3.8, 4) is 0 Å². The third-order valence-corrected chi connectivity index (χ3v) is 3.99. The molecule has 0 bridgehead atoms. The molecular weight excluding hydrogens is 268 g/mol. The van der Waals surface area contributed by atoms with Gasteiger partial charge in [0.05, 0.1) is 18.4 Å². The first kappa shape index (κ1) is 16.0. The summed E-state index contributed by atoms with van der Waals surface area (Å²) in [6.07, 6.45) is 5.24. The Balaban J connectivity index is 1.68. The number of nitrogens with zero attached hydrogens (tertiary/aromatic N) is 2. The van der Waals surface area contributed by atoms with Gasteiger partial charge < -0.3 is 15.8 Å². The molecule has 0 aliphatic heterocycles. The molecule has 1 aliphatic carbocycles. The van der Waals surface area contributed by atoms with Crippen molar-refractivity contribution in [2.45, 2.75) is 51.2 Å². The fourth-order valence-electron chi connectivity index (χ4n) is 2.65. The van der Waals surface area contributed by atoms with Crippen molar-refractivity contribution in [1.82, 2.24) is 15.1 Å². The second kappa shape index (κ2) is 7.56. The van der Waals surface area contributed by atoms with E-state index in [0.717, 1.165) is 37.8 Å². The van der Waals surface area contributed by atoms with E-state index >= 15 is 0 Å². The van der Waals surface area contributed by atoms with Gasteiger partial charge in [0.25, 0.3) is 5.91 Å². The lowest BCUT2D eigenvalue weighted by Gasteiger charge is -2.26. The summed E-state index contributed by atoms with van der Waals surface area (Å²) in [5, 5.41) is 7.15.